The monoisotopic (exact) mass is 370 g/mol. The number of hydrogen-bond acceptors (Lipinski definition) is 2. The average molecular weight is 372 g/mol. The van der Waals surface area contributed by atoms with Crippen LogP contribution in [0.25, 0.3) is 0 Å². The third kappa shape index (κ3) is 5.43. The number of rotatable bonds is 5. The van der Waals surface area contributed by atoms with Gasteiger partial charge < -0.3 is 10.6 Å². The van der Waals surface area contributed by atoms with Gasteiger partial charge in [-0.25, -0.2) is 0 Å². The summed E-state index contributed by atoms with van der Waals surface area (Å²) in [5.41, 5.74) is 1.18. The topological polar surface area (TPSA) is 58.2 Å². The Labute approximate surface area is 148 Å². The van der Waals surface area contributed by atoms with Crippen molar-refractivity contribution in [3.63, 3.8) is 0 Å². The minimum atomic E-state index is -0.492. The molecule has 2 rings (SSSR count). The molecule has 0 unspecified atom stereocenters. The van der Waals surface area contributed by atoms with E-state index in [0.717, 1.165) is 5.56 Å². The van der Waals surface area contributed by atoms with Crippen molar-refractivity contribution < 1.29 is 9.59 Å². The third-order valence-corrected chi connectivity index (χ3v) is 3.83. The summed E-state index contributed by atoms with van der Waals surface area (Å²) in [4.78, 5) is 23.7. The summed E-state index contributed by atoms with van der Waals surface area (Å²) in [6.45, 7) is 0.316. The van der Waals surface area contributed by atoms with Crippen LogP contribution in [0.3, 0.4) is 0 Å². The van der Waals surface area contributed by atoms with Crippen LogP contribution in [-0.4, -0.2) is 11.8 Å². The average Bonchev–Trinajstić information content (AvgIpc) is 2.50. The molecule has 0 fully saturated rings. The Bertz CT molecular complexity index is 698. The van der Waals surface area contributed by atoms with Gasteiger partial charge in [0.15, 0.2) is 0 Å². The number of hydrogen-bond donors (Lipinski definition) is 2. The number of carbonyl (C=O) groups excluding carboxylic acids is 2. The summed E-state index contributed by atoms with van der Waals surface area (Å²) in [6.07, 6.45) is -0.324. The van der Waals surface area contributed by atoms with Crippen molar-refractivity contribution in [2.75, 3.05) is 5.32 Å². The van der Waals surface area contributed by atoms with Crippen LogP contribution in [0.2, 0.25) is 15.1 Å². The van der Waals surface area contributed by atoms with E-state index in [-0.39, 0.29) is 6.42 Å². The lowest BCUT2D eigenvalue weighted by atomic mass is 10.2. The van der Waals surface area contributed by atoms with Gasteiger partial charge in [-0.1, -0.05) is 53.0 Å². The molecule has 0 saturated heterocycles. The van der Waals surface area contributed by atoms with Crippen molar-refractivity contribution >= 4 is 52.3 Å². The van der Waals surface area contributed by atoms with Crippen molar-refractivity contribution in [2.45, 2.75) is 13.0 Å². The van der Waals surface area contributed by atoms with Crippen LogP contribution in [0, 0.1) is 0 Å². The minimum absolute atomic E-state index is 0.298. The van der Waals surface area contributed by atoms with Gasteiger partial charge in [0.2, 0.25) is 11.8 Å². The molecule has 0 aliphatic carbocycles. The van der Waals surface area contributed by atoms with Crippen LogP contribution in [0.4, 0.5) is 5.69 Å². The van der Waals surface area contributed by atoms with Gasteiger partial charge in [-0.2, -0.15) is 0 Å². The molecule has 23 heavy (non-hydrogen) atoms. The molecule has 0 spiro atoms. The molecular formula is C16H13Cl3N2O2. The lowest BCUT2D eigenvalue weighted by Crippen LogP contribution is -2.27. The highest BCUT2D eigenvalue weighted by Gasteiger charge is 2.13. The quantitative estimate of drug-likeness (QED) is 0.770. The minimum Gasteiger partial charge on any atom is -0.352 e. The van der Waals surface area contributed by atoms with E-state index in [1.165, 1.54) is 0 Å². The Morgan fingerprint density at radius 3 is 2.09 bits per heavy atom. The molecule has 120 valence electrons. The Morgan fingerprint density at radius 2 is 1.48 bits per heavy atom. The summed E-state index contributed by atoms with van der Waals surface area (Å²) in [6, 6.07) is 11.9. The fourth-order valence-corrected chi connectivity index (χ4v) is 2.43. The summed E-state index contributed by atoms with van der Waals surface area (Å²) < 4.78 is 0. The predicted octanol–water partition coefficient (Wildman–Crippen LogP) is 4.29. The molecule has 0 aliphatic heterocycles. The molecule has 4 nitrogen and oxygen atoms in total. The highest BCUT2D eigenvalue weighted by Crippen LogP contribution is 2.29. The highest BCUT2D eigenvalue weighted by atomic mass is 35.5. The number of anilines is 1. The van der Waals surface area contributed by atoms with Crippen molar-refractivity contribution in [1.82, 2.24) is 5.32 Å². The molecule has 2 amide bonds. The standard InChI is InChI=1S/C16H13Cl3N2O2/c17-11-6-4-10(5-7-11)9-20-14(22)8-15(23)21-16-12(18)2-1-3-13(16)19/h1-7H,8-9H2,(H,20,22)(H,21,23). The number of halogens is 3. The van der Waals surface area contributed by atoms with E-state index in [0.29, 0.717) is 27.3 Å². The van der Waals surface area contributed by atoms with Crippen molar-refractivity contribution in [2.24, 2.45) is 0 Å². The zero-order valence-electron chi connectivity index (χ0n) is 11.9. The maximum Gasteiger partial charge on any atom is 0.233 e. The summed E-state index contributed by atoms with van der Waals surface area (Å²) >= 11 is 17.7. The van der Waals surface area contributed by atoms with E-state index in [1.807, 2.05) is 0 Å². The van der Waals surface area contributed by atoms with Crippen LogP contribution < -0.4 is 10.6 Å². The number of nitrogens with one attached hydrogen (secondary N) is 2. The van der Waals surface area contributed by atoms with Crippen LogP contribution in [0.1, 0.15) is 12.0 Å². The van der Waals surface area contributed by atoms with E-state index in [9.17, 15) is 9.59 Å². The predicted molar refractivity (Wildman–Crippen MR) is 93.0 cm³/mol. The van der Waals surface area contributed by atoms with Crippen molar-refractivity contribution in [3.8, 4) is 0 Å². The van der Waals surface area contributed by atoms with Gasteiger partial charge in [0, 0.05) is 11.6 Å². The highest BCUT2D eigenvalue weighted by molar-refractivity contribution is 6.39. The van der Waals surface area contributed by atoms with Crippen molar-refractivity contribution in [1.29, 1.82) is 0 Å². The van der Waals surface area contributed by atoms with Crippen LogP contribution in [-0.2, 0) is 16.1 Å². The Kier molecular flexibility index (Phi) is 6.28. The molecular weight excluding hydrogens is 359 g/mol. The van der Waals surface area contributed by atoms with Crippen LogP contribution >= 0.6 is 34.8 Å². The van der Waals surface area contributed by atoms with Crippen molar-refractivity contribution in [3.05, 3.63) is 63.1 Å². The van der Waals surface area contributed by atoms with Gasteiger partial charge in [0.25, 0.3) is 0 Å². The molecule has 2 aromatic rings. The summed E-state index contributed by atoms with van der Waals surface area (Å²) in [7, 11) is 0. The normalized spacial score (nSPS) is 10.2. The smallest absolute Gasteiger partial charge is 0.233 e. The van der Waals surface area contributed by atoms with E-state index >= 15 is 0 Å². The Balaban J connectivity index is 1.85. The number of benzene rings is 2. The zero-order valence-corrected chi connectivity index (χ0v) is 14.2. The van der Waals surface area contributed by atoms with Gasteiger partial charge in [0.1, 0.15) is 6.42 Å². The first-order chi connectivity index (χ1) is 11.0. The van der Waals surface area contributed by atoms with E-state index in [1.54, 1.807) is 42.5 Å². The SMILES string of the molecule is O=C(CC(=O)Nc1c(Cl)cccc1Cl)NCc1ccc(Cl)cc1. The largest absolute Gasteiger partial charge is 0.352 e. The molecule has 0 atom stereocenters. The number of amides is 2. The second kappa shape index (κ2) is 8.20. The van der Waals surface area contributed by atoms with Gasteiger partial charge in [-0.3, -0.25) is 9.59 Å². The number of carbonyl (C=O) groups is 2. The Hall–Kier alpha value is -1.75. The fourth-order valence-electron chi connectivity index (χ4n) is 1.81. The molecule has 0 saturated carbocycles. The lowest BCUT2D eigenvalue weighted by molar-refractivity contribution is -0.126. The second-order valence-corrected chi connectivity index (χ2v) is 5.98. The molecule has 0 bridgehead atoms. The first-order valence-corrected chi connectivity index (χ1v) is 7.84. The van der Waals surface area contributed by atoms with Crippen LogP contribution in [0.5, 0.6) is 0 Å². The molecule has 0 radical (unpaired) electrons. The second-order valence-electron chi connectivity index (χ2n) is 4.72. The lowest BCUT2D eigenvalue weighted by Gasteiger charge is -2.09. The third-order valence-electron chi connectivity index (χ3n) is 2.95. The maximum atomic E-state index is 11.9. The van der Waals surface area contributed by atoms with E-state index in [2.05, 4.69) is 10.6 Å². The van der Waals surface area contributed by atoms with Crippen LogP contribution in [0.15, 0.2) is 42.5 Å². The van der Waals surface area contributed by atoms with Gasteiger partial charge in [-0.15, -0.1) is 0 Å². The maximum absolute atomic E-state index is 11.9. The van der Waals surface area contributed by atoms with E-state index in [4.69, 9.17) is 34.8 Å². The molecule has 0 heterocycles. The first kappa shape index (κ1) is 17.6. The first-order valence-electron chi connectivity index (χ1n) is 6.70. The molecule has 2 N–H and O–H groups in total. The van der Waals surface area contributed by atoms with Gasteiger partial charge in [0.05, 0.1) is 15.7 Å². The zero-order chi connectivity index (χ0) is 16.8. The molecule has 7 heteroatoms. The number of para-hydroxylation sites is 1. The molecule has 0 aromatic heterocycles. The Morgan fingerprint density at radius 1 is 0.870 bits per heavy atom. The van der Waals surface area contributed by atoms with Gasteiger partial charge in [-0.05, 0) is 29.8 Å². The fraction of sp³-hybridized carbons (Fsp3) is 0.125. The summed E-state index contributed by atoms with van der Waals surface area (Å²) in [5.74, 6) is -0.894. The van der Waals surface area contributed by atoms with Gasteiger partial charge >= 0.3 is 0 Å². The molecule has 0 aliphatic rings. The molecule has 2 aromatic carbocycles. The van der Waals surface area contributed by atoms with E-state index < -0.39 is 11.8 Å². The summed E-state index contributed by atoms with van der Waals surface area (Å²) in [5, 5.41) is 6.44.